The molecule has 2 rings (SSSR count). The Bertz CT molecular complexity index is 406. The molecule has 14 heavy (non-hydrogen) atoms. The monoisotopic (exact) mass is 189 g/mol. The van der Waals surface area contributed by atoms with Gasteiger partial charge in [-0.25, -0.2) is 4.68 Å². The summed E-state index contributed by atoms with van der Waals surface area (Å²) in [6, 6.07) is 3.66. The van der Waals surface area contributed by atoms with Crippen molar-refractivity contribution in [2.24, 2.45) is 5.73 Å². The van der Waals surface area contributed by atoms with Crippen LogP contribution in [0.3, 0.4) is 0 Å². The first-order valence-electron chi connectivity index (χ1n) is 4.35. The molecule has 1 unspecified atom stereocenters. The van der Waals surface area contributed by atoms with E-state index in [0.717, 1.165) is 11.4 Å². The van der Waals surface area contributed by atoms with Crippen molar-refractivity contribution in [3.05, 3.63) is 36.4 Å². The molecule has 2 N–H and O–H groups in total. The molecule has 0 aliphatic rings. The Hall–Kier alpha value is -1.75. The second kappa shape index (κ2) is 3.55. The molecule has 0 saturated carbocycles. The van der Waals surface area contributed by atoms with Crippen LogP contribution in [0.5, 0.6) is 0 Å². The van der Waals surface area contributed by atoms with Crippen LogP contribution in [0.4, 0.5) is 0 Å². The van der Waals surface area contributed by atoms with Gasteiger partial charge in [0, 0.05) is 12.2 Å². The molecule has 2 aromatic rings. The first kappa shape index (κ1) is 8.83. The molecule has 0 aliphatic heterocycles. The van der Waals surface area contributed by atoms with Gasteiger partial charge >= 0.3 is 0 Å². The van der Waals surface area contributed by atoms with Gasteiger partial charge in [0.05, 0.1) is 23.8 Å². The number of aromatic nitrogens is 4. The Kier molecular flexibility index (Phi) is 2.24. The van der Waals surface area contributed by atoms with Crippen molar-refractivity contribution >= 4 is 0 Å². The lowest BCUT2D eigenvalue weighted by Crippen LogP contribution is -2.04. The zero-order valence-electron chi connectivity index (χ0n) is 7.83. The Morgan fingerprint density at radius 1 is 1.50 bits per heavy atom. The second-order valence-corrected chi connectivity index (χ2v) is 3.09. The summed E-state index contributed by atoms with van der Waals surface area (Å²) in [7, 11) is 0. The predicted octanol–water partition coefficient (Wildman–Crippen LogP) is 0.682. The summed E-state index contributed by atoms with van der Waals surface area (Å²) >= 11 is 0. The van der Waals surface area contributed by atoms with Gasteiger partial charge in [0.25, 0.3) is 0 Å². The number of nitrogens with zero attached hydrogens (tertiary/aromatic N) is 4. The molecular formula is C9H11N5. The summed E-state index contributed by atoms with van der Waals surface area (Å²) in [4.78, 5) is 4.00. The van der Waals surface area contributed by atoms with Crippen molar-refractivity contribution in [1.29, 1.82) is 0 Å². The maximum Gasteiger partial charge on any atom is 0.0995 e. The van der Waals surface area contributed by atoms with Crippen LogP contribution in [-0.4, -0.2) is 20.0 Å². The molecule has 0 fully saturated rings. The molecule has 0 radical (unpaired) electrons. The summed E-state index contributed by atoms with van der Waals surface area (Å²) in [6.07, 6.45) is 5.24. The first-order valence-corrected chi connectivity index (χ1v) is 4.35. The summed E-state index contributed by atoms with van der Waals surface area (Å²) < 4.78 is 1.66. The van der Waals surface area contributed by atoms with Crippen molar-refractivity contribution in [2.45, 2.75) is 13.0 Å². The van der Waals surface area contributed by atoms with Crippen molar-refractivity contribution in [2.75, 3.05) is 0 Å². The Balaban J connectivity index is 2.34. The van der Waals surface area contributed by atoms with E-state index in [9.17, 15) is 0 Å². The van der Waals surface area contributed by atoms with Crippen LogP contribution in [0.1, 0.15) is 18.7 Å². The van der Waals surface area contributed by atoms with Crippen LogP contribution in [0.2, 0.25) is 0 Å². The van der Waals surface area contributed by atoms with Crippen LogP contribution in [0.25, 0.3) is 5.69 Å². The third-order valence-corrected chi connectivity index (χ3v) is 1.89. The smallest absolute Gasteiger partial charge is 0.0995 e. The lowest BCUT2D eigenvalue weighted by Gasteiger charge is -1.97. The van der Waals surface area contributed by atoms with Gasteiger partial charge in [0.2, 0.25) is 0 Å². The van der Waals surface area contributed by atoms with Gasteiger partial charge < -0.3 is 5.73 Å². The van der Waals surface area contributed by atoms with E-state index in [2.05, 4.69) is 15.3 Å². The first-order chi connectivity index (χ1) is 6.77. The highest BCUT2D eigenvalue weighted by molar-refractivity contribution is 5.26. The van der Waals surface area contributed by atoms with Crippen LogP contribution < -0.4 is 5.73 Å². The summed E-state index contributed by atoms with van der Waals surface area (Å²) in [5, 5.41) is 7.91. The molecular weight excluding hydrogens is 178 g/mol. The molecule has 1 atom stereocenters. The van der Waals surface area contributed by atoms with Crippen molar-refractivity contribution in [3.63, 3.8) is 0 Å². The average Bonchev–Trinajstić information content (AvgIpc) is 2.68. The highest BCUT2D eigenvalue weighted by Crippen LogP contribution is 2.08. The number of pyridine rings is 1. The van der Waals surface area contributed by atoms with E-state index in [1.807, 2.05) is 25.3 Å². The highest BCUT2D eigenvalue weighted by Gasteiger charge is 2.05. The maximum atomic E-state index is 5.67. The molecule has 2 aromatic heterocycles. The average molecular weight is 189 g/mol. The van der Waals surface area contributed by atoms with Crippen molar-refractivity contribution in [1.82, 2.24) is 20.0 Å². The Labute approximate surface area is 81.6 Å². The van der Waals surface area contributed by atoms with Gasteiger partial charge in [-0.3, -0.25) is 4.98 Å². The molecule has 72 valence electrons. The van der Waals surface area contributed by atoms with E-state index >= 15 is 0 Å². The number of hydrogen-bond acceptors (Lipinski definition) is 4. The fourth-order valence-electron chi connectivity index (χ4n) is 1.10. The van der Waals surface area contributed by atoms with E-state index in [1.165, 1.54) is 0 Å². The maximum absolute atomic E-state index is 5.67. The second-order valence-electron chi connectivity index (χ2n) is 3.09. The minimum atomic E-state index is -0.0968. The van der Waals surface area contributed by atoms with Crippen LogP contribution >= 0.6 is 0 Å². The topological polar surface area (TPSA) is 69.6 Å². The third kappa shape index (κ3) is 1.62. The molecule has 5 nitrogen and oxygen atoms in total. The number of rotatable bonds is 2. The van der Waals surface area contributed by atoms with E-state index in [0.29, 0.717) is 0 Å². The largest absolute Gasteiger partial charge is 0.323 e. The minimum Gasteiger partial charge on any atom is -0.323 e. The predicted molar refractivity (Wildman–Crippen MR) is 51.8 cm³/mol. The summed E-state index contributed by atoms with van der Waals surface area (Å²) in [5.74, 6) is 0. The van der Waals surface area contributed by atoms with Gasteiger partial charge in [0.15, 0.2) is 0 Å². The number of nitrogens with two attached hydrogens (primary N) is 1. The van der Waals surface area contributed by atoms with E-state index in [-0.39, 0.29) is 6.04 Å². The summed E-state index contributed by atoms with van der Waals surface area (Å²) in [5.41, 5.74) is 7.33. The SMILES string of the molecule is CC(N)c1cn(-c2cccnc2)nn1. The van der Waals surface area contributed by atoms with E-state index in [1.54, 1.807) is 17.1 Å². The lowest BCUT2D eigenvalue weighted by atomic mass is 10.3. The number of hydrogen-bond donors (Lipinski definition) is 1. The molecule has 0 aromatic carbocycles. The normalized spacial score (nSPS) is 12.7. The molecule has 0 amide bonds. The minimum absolute atomic E-state index is 0.0968. The fourth-order valence-corrected chi connectivity index (χ4v) is 1.10. The van der Waals surface area contributed by atoms with Gasteiger partial charge in [-0.05, 0) is 19.1 Å². The van der Waals surface area contributed by atoms with Gasteiger partial charge in [-0.1, -0.05) is 5.21 Å². The Morgan fingerprint density at radius 2 is 2.36 bits per heavy atom. The molecule has 0 spiro atoms. The fraction of sp³-hybridized carbons (Fsp3) is 0.222. The molecule has 0 aliphatic carbocycles. The highest BCUT2D eigenvalue weighted by atomic mass is 15.4. The third-order valence-electron chi connectivity index (χ3n) is 1.89. The molecule has 0 bridgehead atoms. The molecule has 2 heterocycles. The van der Waals surface area contributed by atoms with Crippen LogP contribution in [0, 0.1) is 0 Å². The quantitative estimate of drug-likeness (QED) is 0.754. The Morgan fingerprint density at radius 3 is 2.93 bits per heavy atom. The van der Waals surface area contributed by atoms with E-state index in [4.69, 9.17) is 5.73 Å². The van der Waals surface area contributed by atoms with Gasteiger partial charge in [-0.15, -0.1) is 5.10 Å². The molecule has 5 heteroatoms. The zero-order chi connectivity index (χ0) is 9.97. The molecule has 0 saturated heterocycles. The van der Waals surface area contributed by atoms with Crippen LogP contribution in [0.15, 0.2) is 30.7 Å². The van der Waals surface area contributed by atoms with Crippen molar-refractivity contribution in [3.8, 4) is 5.69 Å². The van der Waals surface area contributed by atoms with Gasteiger partial charge in [-0.2, -0.15) is 0 Å². The van der Waals surface area contributed by atoms with Crippen LogP contribution in [-0.2, 0) is 0 Å². The van der Waals surface area contributed by atoms with E-state index < -0.39 is 0 Å². The lowest BCUT2D eigenvalue weighted by molar-refractivity contribution is 0.756. The van der Waals surface area contributed by atoms with Gasteiger partial charge in [0.1, 0.15) is 0 Å². The summed E-state index contributed by atoms with van der Waals surface area (Å²) in [6.45, 7) is 1.87. The zero-order valence-corrected chi connectivity index (χ0v) is 7.83. The standard InChI is InChI=1S/C9H11N5/c1-7(10)9-6-14(13-12-9)8-3-2-4-11-5-8/h2-7H,10H2,1H3. The van der Waals surface area contributed by atoms with Crippen molar-refractivity contribution < 1.29 is 0 Å².